The molecule has 0 aliphatic carbocycles. The van der Waals surface area contributed by atoms with Gasteiger partial charge in [0.2, 0.25) is 0 Å². The number of hydrogen-bond donors (Lipinski definition) is 1. The minimum Gasteiger partial charge on any atom is -0.388 e. The maximum atomic E-state index is 11.4. The molecule has 1 radical (unpaired) electrons. The summed E-state index contributed by atoms with van der Waals surface area (Å²) in [6.45, 7) is 2.10. The van der Waals surface area contributed by atoms with E-state index in [1.165, 1.54) is 13.8 Å². The Morgan fingerprint density at radius 2 is 1.82 bits per heavy atom. The van der Waals surface area contributed by atoms with Gasteiger partial charge in [0.25, 0.3) is 0 Å². The van der Waals surface area contributed by atoms with E-state index >= 15 is 0 Å². The first kappa shape index (κ1) is 10.7. The van der Waals surface area contributed by atoms with Gasteiger partial charge in [-0.3, -0.25) is 0 Å². The number of rotatable bonds is 3. The van der Waals surface area contributed by atoms with Gasteiger partial charge in [-0.05, 0) is 13.8 Å². The molecule has 11 heavy (non-hydrogen) atoms. The molecule has 0 aliphatic rings. The summed E-state index contributed by atoms with van der Waals surface area (Å²) >= 11 is 0. The highest BCUT2D eigenvalue weighted by atomic mass is 19.4. The van der Waals surface area contributed by atoms with Crippen molar-refractivity contribution < 1.29 is 23.0 Å². The molecule has 5 heteroatoms. The van der Waals surface area contributed by atoms with Crippen molar-refractivity contribution in [3.05, 3.63) is 6.61 Å². The van der Waals surface area contributed by atoms with Gasteiger partial charge in [-0.25, -0.2) is 0 Å². The number of ether oxygens (including phenoxy) is 1. The van der Waals surface area contributed by atoms with E-state index in [1.54, 1.807) is 0 Å². The van der Waals surface area contributed by atoms with Crippen molar-refractivity contribution in [1.29, 1.82) is 0 Å². The average Bonchev–Trinajstić information content (AvgIpc) is 1.55. The molecule has 0 fully saturated rings. The Morgan fingerprint density at radius 1 is 1.36 bits per heavy atom. The Hall–Kier alpha value is -0.290. The fourth-order valence-electron chi connectivity index (χ4n) is 0.340. The monoisotopic (exact) mass is 171 g/mol. The molecular weight excluding hydrogens is 161 g/mol. The molecule has 0 saturated carbocycles. The largest absolute Gasteiger partial charge is 0.417 e. The molecule has 0 bridgehead atoms. The summed E-state index contributed by atoms with van der Waals surface area (Å²) in [4.78, 5) is 0. The molecule has 0 heterocycles. The van der Waals surface area contributed by atoms with Crippen LogP contribution in [0.3, 0.4) is 0 Å². The molecule has 0 atom stereocenters. The molecule has 0 unspecified atom stereocenters. The van der Waals surface area contributed by atoms with Crippen LogP contribution in [-0.2, 0) is 4.74 Å². The van der Waals surface area contributed by atoms with Crippen molar-refractivity contribution in [2.45, 2.75) is 25.6 Å². The van der Waals surface area contributed by atoms with Crippen molar-refractivity contribution in [2.75, 3.05) is 6.61 Å². The summed E-state index contributed by atoms with van der Waals surface area (Å²) in [6, 6.07) is 0. The van der Waals surface area contributed by atoms with Crippen molar-refractivity contribution in [1.82, 2.24) is 0 Å². The van der Waals surface area contributed by atoms with E-state index in [0.717, 1.165) is 0 Å². The maximum Gasteiger partial charge on any atom is 0.417 e. The first-order valence-corrected chi connectivity index (χ1v) is 2.96. The molecule has 0 aromatic carbocycles. The van der Waals surface area contributed by atoms with E-state index in [0.29, 0.717) is 0 Å². The van der Waals surface area contributed by atoms with Gasteiger partial charge in [0.15, 0.2) is 6.61 Å². The van der Waals surface area contributed by atoms with Crippen molar-refractivity contribution in [2.24, 2.45) is 0 Å². The van der Waals surface area contributed by atoms with E-state index in [9.17, 15) is 13.2 Å². The third-order valence-corrected chi connectivity index (χ3v) is 0.654. The molecule has 2 nitrogen and oxygen atoms in total. The smallest absolute Gasteiger partial charge is 0.388 e. The number of aliphatic hydroxyl groups is 1. The summed E-state index contributed by atoms with van der Waals surface area (Å²) < 4.78 is 38.2. The summed E-state index contributed by atoms with van der Waals surface area (Å²) in [5.41, 5.74) is -1.23. The quantitative estimate of drug-likeness (QED) is 0.697. The summed E-state index contributed by atoms with van der Waals surface area (Å²) in [6.07, 6.45) is -4.44. The lowest BCUT2D eigenvalue weighted by atomic mass is 10.2. The molecule has 0 saturated heterocycles. The first-order valence-electron chi connectivity index (χ1n) is 2.96. The number of hydrogen-bond acceptors (Lipinski definition) is 2. The van der Waals surface area contributed by atoms with Gasteiger partial charge in [-0.2, -0.15) is 13.2 Å². The lowest BCUT2D eigenvalue weighted by Crippen LogP contribution is -2.27. The Kier molecular flexibility index (Phi) is 3.31. The predicted molar refractivity (Wildman–Crippen MR) is 32.6 cm³/mol. The van der Waals surface area contributed by atoms with Crippen molar-refractivity contribution in [3.63, 3.8) is 0 Å². The Labute approximate surface area is 63.0 Å². The molecule has 67 valence electrons. The van der Waals surface area contributed by atoms with Gasteiger partial charge in [-0.1, -0.05) is 0 Å². The maximum absolute atomic E-state index is 11.4. The van der Waals surface area contributed by atoms with Crippen LogP contribution in [0.15, 0.2) is 0 Å². The molecular formula is C6H10F3O2. The molecule has 0 aromatic rings. The molecule has 0 aliphatic heterocycles. The van der Waals surface area contributed by atoms with Crippen molar-refractivity contribution >= 4 is 0 Å². The zero-order chi connectivity index (χ0) is 9.12. The molecule has 0 spiro atoms. The van der Waals surface area contributed by atoms with E-state index in [2.05, 4.69) is 4.74 Å². The van der Waals surface area contributed by atoms with Gasteiger partial charge in [0, 0.05) is 0 Å². The standard InChI is InChI=1S/C6H10F3O2/c1-5(2,10)3-11-4-6(7,8)9/h4,10H,3H2,1-2H3. The Bertz CT molecular complexity index is 100.0. The predicted octanol–water partition coefficient (Wildman–Crippen LogP) is 1.50. The van der Waals surface area contributed by atoms with Crippen LogP contribution in [0.25, 0.3) is 0 Å². The van der Waals surface area contributed by atoms with Gasteiger partial charge in [-0.15, -0.1) is 0 Å². The second-order valence-corrected chi connectivity index (χ2v) is 2.78. The summed E-state index contributed by atoms with van der Waals surface area (Å²) in [7, 11) is 0. The molecule has 0 rings (SSSR count). The van der Waals surface area contributed by atoms with E-state index in [4.69, 9.17) is 5.11 Å². The van der Waals surface area contributed by atoms with Gasteiger partial charge >= 0.3 is 6.18 Å². The van der Waals surface area contributed by atoms with E-state index < -0.39 is 11.8 Å². The molecule has 1 N–H and O–H groups in total. The SMILES string of the molecule is CC(C)(O)CO[CH]C(F)(F)F. The lowest BCUT2D eigenvalue weighted by Gasteiger charge is -2.16. The minimum atomic E-state index is -4.44. The van der Waals surface area contributed by atoms with Gasteiger partial charge < -0.3 is 9.84 Å². The van der Waals surface area contributed by atoms with Crippen molar-refractivity contribution in [3.8, 4) is 0 Å². The van der Waals surface area contributed by atoms with Crippen LogP contribution in [0, 0.1) is 6.61 Å². The summed E-state index contributed by atoms with van der Waals surface area (Å²) in [5.74, 6) is 0. The van der Waals surface area contributed by atoms with Crippen LogP contribution in [0.1, 0.15) is 13.8 Å². The average molecular weight is 171 g/mol. The first-order chi connectivity index (χ1) is 4.71. The number of alkyl halides is 3. The Balaban J connectivity index is 3.44. The minimum absolute atomic E-state index is 0.245. The van der Waals surface area contributed by atoms with Crippen LogP contribution in [0.5, 0.6) is 0 Å². The topological polar surface area (TPSA) is 29.5 Å². The summed E-state index contributed by atoms with van der Waals surface area (Å²) in [5, 5.41) is 8.90. The second-order valence-electron chi connectivity index (χ2n) is 2.78. The second kappa shape index (κ2) is 3.40. The van der Waals surface area contributed by atoms with Crippen LogP contribution in [0.2, 0.25) is 0 Å². The Morgan fingerprint density at radius 3 is 2.09 bits per heavy atom. The zero-order valence-corrected chi connectivity index (χ0v) is 6.27. The fourth-order valence-corrected chi connectivity index (χ4v) is 0.340. The van der Waals surface area contributed by atoms with Crippen LogP contribution in [-0.4, -0.2) is 23.5 Å². The highest BCUT2D eigenvalue weighted by molar-refractivity contribution is 4.68. The fraction of sp³-hybridized carbons (Fsp3) is 0.833. The van der Waals surface area contributed by atoms with Crippen LogP contribution in [0.4, 0.5) is 13.2 Å². The zero-order valence-electron chi connectivity index (χ0n) is 6.27. The third kappa shape index (κ3) is 9.71. The third-order valence-electron chi connectivity index (χ3n) is 0.654. The molecule has 0 aromatic heterocycles. The number of halogens is 3. The van der Waals surface area contributed by atoms with Gasteiger partial charge in [0.05, 0.1) is 12.2 Å². The normalized spacial score (nSPS) is 13.6. The highest BCUT2D eigenvalue weighted by Gasteiger charge is 2.29. The molecule has 0 amide bonds. The van der Waals surface area contributed by atoms with E-state index in [1.807, 2.05) is 0 Å². The van der Waals surface area contributed by atoms with Gasteiger partial charge in [0.1, 0.15) is 0 Å². The van der Waals surface area contributed by atoms with Crippen LogP contribution < -0.4 is 0 Å². The highest BCUT2D eigenvalue weighted by Crippen LogP contribution is 2.19. The lowest BCUT2D eigenvalue weighted by molar-refractivity contribution is -0.147. The van der Waals surface area contributed by atoms with Crippen LogP contribution >= 0.6 is 0 Å². The van der Waals surface area contributed by atoms with E-state index in [-0.39, 0.29) is 13.2 Å².